The number of fused-ring (bicyclic) bond motifs is 16. The van der Waals surface area contributed by atoms with Crippen LogP contribution >= 0.6 is 11.3 Å². The molecule has 1 aromatic heterocycles. The molecule has 2 aliphatic rings. The molecule has 5 N–H and O–H groups in total. The quantitative estimate of drug-likeness (QED) is 0.138. The number of carbonyl (C=O) groups excluding carboxylic acids is 4. The summed E-state index contributed by atoms with van der Waals surface area (Å²) >= 11 is 1.43. The Hall–Kier alpha value is -6.27. The van der Waals surface area contributed by atoms with Crippen LogP contribution in [-0.2, 0) is 49.7 Å². The number of carbonyl (C=O) groups is 5. The van der Waals surface area contributed by atoms with Crippen LogP contribution in [0.5, 0.6) is 5.75 Å². The number of nitrogens with one attached hydrogen (secondary N) is 4. The summed E-state index contributed by atoms with van der Waals surface area (Å²) in [7, 11) is 0. The molecule has 0 saturated carbocycles. The number of aliphatic carboxylic acids is 1. The van der Waals surface area contributed by atoms with Crippen molar-refractivity contribution < 1.29 is 33.8 Å². The Morgan fingerprint density at radius 3 is 1.91 bits per heavy atom. The molecule has 5 aromatic rings. The number of amides is 4. The molecule has 0 aliphatic carbocycles. The Balaban J connectivity index is 1.33. The van der Waals surface area contributed by atoms with Crippen molar-refractivity contribution in [1.29, 1.82) is 0 Å². The Morgan fingerprint density at radius 1 is 0.636 bits per heavy atom. The van der Waals surface area contributed by atoms with Crippen LogP contribution in [0.3, 0.4) is 0 Å². The van der Waals surface area contributed by atoms with E-state index in [2.05, 4.69) is 21.3 Å². The van der Waals surface area contributed by atoms with Crippen LogP contribution in [-0.4, -0.2) is 65.5 Å². The Morgan fingerprint density at radius 2 is 1.25 bits per heavy atom. The first-order valence-corrected chi connectivity index (χ1v) is 18.9. The summed E-state index contributed by atoms with van der Waals surface area (Å²) < 4.78 is 5.69. The molecule has 12 heteroatoms. The van der Waals surface area contributed by atoms with E-state index in [1.165, 1.54) is 11.3 Å². The third-order valence-electron chi connectivity index (χ3n) is 9.32. The average molecular weight is 759 g/mol. The highest BCUT2D eigenvalue weighted by molar-refractivity contribution is 7.09. The smallest absolute Gasteiger partial charge is 0.326 e. The van der Waals surface area contributed by atoms with Crippen LogP contribution in [0.2, 0.25) is 0 Å². The van der Waals surface area contributed by atoms with Crippen molar-refractivity contribution in [3.63, 3.8) is 0 Å². The van der Waals surface area contributed by atoms with E-state index >= 15 is 0 Å². The summed E-state index contributed by atoms with van der Waals surface area (Å²) in [4.78, 5) is 68.7. The lowest BCUT2D eigenvalue weighted by molar-refractivity contribution is -0.142. The summed E-state index contributed by atoms with van der Waals surface area (Å²) in [5.74, 6) is -3.33. The second-order valence-corrected chi connectivity index (χ2v) is 14.4. The molecule has 2 aliphatic heterocycles. The van der Waals surface area contributed by atoms with Crippen LogP contribution < -0.4 is 26.0 Å². The van der Waals surface area contributed by atoms with Gasteiger partial charge in [0.05, 0.1) is 0 Å². The van der Waals surface area contributed by atoms with E-state index in [0.29, 0.717) is 17.7 Å². The minimum Gasteiger partial charge on any atom is -0.484 e. The second kappa shape index (κ2) is 18.7. The molecule has 7 rings (SSSR count). The largest absolute Gasteiger partial charge is 0.484 e. The van der Waals surface area contributed by atoms with Gasteiger partial charge in [0, 0.05) is 24.1 Å². The van der Waals surface area contributed by atoms with Crippen LogP contribution in [0.15, 0.2) is 127 Å². The van der Waals surface area contributed by atoms with Crippen LogP contribution in [0.25, 0.3) is 11.1 Å². The van der Waals surface area contributed by atoms with E-state index in [-0.39, 0.29) is 32.3 Å². The molecule has 55 heavy (non-hydrogen) atoms. The molecule has 4 amide bonds. The molecule has 2 bridgehead atoms. The first kappa shape index (κ1) is 38.5. The standard InChI is InChI=1S/C43H42N4O7S/c48-39-27-54-33-20-15-30(16-21-33)25-38(43(52)53)47-40(49)35(22-17-28-8-3-1-4-9-28)45-41(50)36(46-42(51)37(44-39)26-34-12-7-23-55-34)24-29-13-18-32(19-14-29)31-10-5-2-6-11-31/h1-16,18-21,23,35-38H,17,22,24-27H2,(H,44,48)(H,45,50)(H,46,51)(H,47,49)(H,52,53)/t35-,36-,37-,38-/m0/s1. The first-order valence-electron chi connectivity index (χ1n) is 18.1. The van der Waals surface area contributed by atoms with Crippen LogP contribution in [0.4, 0.5) is 0 Å². The lowest BCUT2D eigenvalue weighted by atomic mass is 9.99. The highest BCUT2D eigenvalue weighted by Gasteiger charge is 2.32. The zero-order valence-electron chi connectivity index (χ0n) is 30.0. The number of hydrogen-bond acceptors (Lipinski definition) is 7. The number of carboxylic acid groups (broad SMARTS) is 1. The predicted molar refractivity (Wildman–Crippen MR) is 209 cm³/mol. The van der Waals surface area contributed by atoms with Crippen LogP contribution in [0.1, 0.15) is 28.0 Å². The number of benzene rings is 4. The summed E-state index contributed by atoms with van der Waals surface area (Å²) in [5, 5.41) is 23.1. The van der Waals surface area contributed by atoms with Gasteiger partial charge >= 0.3 is 5.97 Å². The topological polar surface area (TPSA) is 163 Å². The minimum atomic E-state index is -1.31. The number of rotatable bonds is 9. The van der Waals surface area contributed by atoms with Gasteiger partial charge in [-0.15, -0.1) is 11.3 Å². The van der Waals surface area contributed by atoms with Crippen molar-refractivity contribution in [3.8, 4) is 16.9 Å². The zero-order valence-corrected chi connectivity index (χ0v) is 30.8. The van der Waals surface area contributed by atoms with Crippen molar-refractivity contribution in [2.24, 2.45) is 0 Å². The van der Waals surface area contributed by atoms with Gasteiger partial charge in [-0.2, -0.15) is 0 Å². The molecular weight excluding hydrogens is 717 g/mol. The van der Waals surface area contributed by atoms with E-state index in [9.17, 15) is 29.1 Å². The Kier molecular flexibility index (Phi) is 13.0. The Bertz CT molecular complexity index is 2060. The number of aryl methyl sites for hydroxylation is 1. The fourth-order valence-electron chi connectivity index (χ4n) is 6.33. The highest BCUT2D eigenvalue weighted by Crippen LogP contribution is 2.21. The van der Waals surface area contributed by atoms with Crippen LogP contribution in [0, 0.1) is 0 Å². The van der Waals surface area contributed by atoms with Gasteiger partial charge in [0.2, 0.25) is 17.7 Å². The predicted octanol–water partition coefficient (Wildman–Crippen LogP) is 4.49. The molecule has 0 radical (unpaired) electrons. The summed E-state index contributed by atoms with van der Waals surface area (Å²) in [5.41, 5.74) is 4.27. The van der Waals surface area contributed by atoms with Crippen molar-refractivity contribution >= 4 is 40.9 Å². The number of ether oxygens (including phenoxy) is 1. The third-order valence-corrected chi connectivity index (χ3v) is 10.2. The number of hydrogen-bond donors (Lipinski definition) is 5. The van der Waals surface area contributed by atoms with Gasteiger partial charge in [0.25, 0.3) is 5.91 Å². The molecule has 11 nitrogen and oxygen atoms in total. The fraction of sp³-hybridized carbons (Fsp3) is 0.233. The normalized spacial score (nSPS) is 19.7. The number of carboxylic acids is 1. The van der Waals surface area contributed by atoms with Crippen molar-refractivity contribution in [1.82, 2.24) is 21.3 Å². The zero-order chi connectivity index (χ0) is 38.6. The van der Waals surface area contributed by atoms with Gasteiger partial charge in [0.1, 0.15) is 29.9 Å². The third kappa shape index (κ3) is 11.1. The maximum Gasteiger partial charge on any atom is 0.326 e. The summed E-state index contributed by atoms with van der Waals surface area (Å²) in [6, 6.07) is 32.4. The second-order valence-electron chi connectivity index (χ2n) is 13.4. The monoisotopic (exact) mass is 758 g/mol. The van der Waals surface area contributed by atoms with E-state index in [0.717, 1.165) is 27.1 Å². The van der Waals surface area contributed by atoms with Gasteiger partial charge in [-0.25, -0.2) is 4.79 Å². The molecule has 282 valence electrons. The lowest BCUT2D eigenvalue weighted by Crippen LogP contribution is -2.59. The van der Waals surface area contributed by atoms with Crippen molar-refractivity contribution in [2.75, 3.05) is 6.61 Å². The van der Waals surface area contributed by atoms with E-state index in [1.54, 1.807) is 24.3 Å². The lowest BCUT2D eigenvalue weighted by Gasteiger charge is -2.26. The summed E-state index contributed by atoms with van der Waals surface area (Å²) in [6.07, 6.45) is 0.759. The van der Waals surface area contributed by atoms with E-state index in [1.807, 2.05) is 102 Å². The molecule has 0 saturated heterocycles. The molecule has 0 spiro atoms. The van der Waals surface area contributed by atoms with Crippen molar-refractivity contribution in [3.05, 3.63) is 148 Å². The number of thiophene rings is 1. The Labute approximate surface area is 323 Å². The van der Waals surface area contributed by atoms with Gasteiger partial charge < -0.3 is 31.1 Å². The van der Waals surface area contributed by atoms with Gasteiger partial charge in [-0.3, -0.25) is 19.2 Å². The van der Waals surface area contributed by atoms with Gasteiger partial charge in [-0.05, 0) is 64.2 Å². The maximum atomic E-state index is 14.3. The van der Waals surface area contributed by atoms with Crippen molar-refractivity contribution in [2.45, 2.75) is 56.3 Å². The molecule has 4 aromatic carbocycles. The first-order chi connectivity index (χ1) is 26.7. The van der Waals surface area contributed by atoms with E-state index in [4.69, 9.17) is 4.74 Å². The SMILES string of the molecule is O=C1COc2ccc(cc2)C[C@@H](C(=O)O)NC(=O)[C@H](CCc2ccccc2)NC(=O)[C@H](Cc2ccc(-c3ccccc3)cc2)NC(=O)[C@H](Cc2cccs2)N1. The summed E-state index contributed by atoms with van der Waals surface area (Å²) in [6.45, 7) is -0.387. The average Bonchev–Trinajstić information content (AvgIpc) is 3.72. The maximum absolute atomic E-state index is 14.3. The molecule has 3 heterocycles. The van der Waals surface area contributed by atoms with Gasteiger partial charge in [0.15, 0.2) is 6.61 Å². The minimum absolute atomic E-state index is 0.0384. The van der Waals surface area contributed by atoms with E-state index < -0.39 is 53.8 Å². The molecule has 4 atom stereocenters. The molecular formula is C43H42N4O7S. The molecule has 0 unspecified atom stereocenters. The fourth-order valence-corrected chi connectivity index (χ4v) is 7.08. The van der Waals surface area contributed by atoms with Gasteiger partial charge in [-0.1, -0.05) is 103 Å². The molecule has 0 fully saturated rings. The highest BCUT2D eigenvalue weighted by atomic mass is 32.1.